The second kappa shape index (κ2) is 6.16. The van der Waals surface area contributed by atoms with Gasteiger partial charge in [0.15, 0.2) is 0 Å². The van der Waals surface area contributed by atoms with Crippen molar-refractivity contribution in [1.82, 2.24) is 4.31 Å². The molecule has 0 unspecified atom stereocenters. The Hall–Kier alpha value is -1.13. The minimum Gasteiger partial charge on any atom is -0.330 e. The summed E-state index contributed by atoms with van der Waals surface area (Å²) in [4.78, 5) is -0.0722. The van der Waals surface area contributed by atoms with E-state index in [0.29, 0.717) is 19.5 Å². The predicted molar refractivity (Wildman–Crippen MR) is 69.7 cm³/mol. The van der Waals surface area contributed by atoms with Gasteiger partial charge in [0.05, 0.1) is 5.56 Å². The summed E-state index contributed by atoms with van der Waals surface area (Å²) in [5.41, 5.74) is 5.43. The van der Waals surface area contributed by atoms with Gasteiger partial charge in [-0.05, 0) is 31.2 Å². The molecule has 1 rings (SSSR count). The molecule has 1 aromatic rings. The van der Waals surface area contributed by atoms with E-state index in [4.69, 9.17) is 22.6 Å². The van der Waals surface area contributed by atoms with Crippen molar-refractivity contribution in [2.45, 2.75) is 11.3 Å². The Morgan fingerprint density at radius 2 is 2.17 bits per heavy atom. The molecule has 0 aromatic heterocycles. The zero-order valence-corrected chi connectivity index (χ0v) is 11.5. The molecule has 0 atom stereocenters. The first kappa shape index (κ1) is 14.9. The summed E-state index contributed by atoms with van der Waals surface area (Å²) in [6.45, 7) is 0.705. The number of rotatable bonds is 5. The van der Waals surface area contributed by atoms with Gasteiger partial charge in [-0.3, -0.25) is 0 Å². The summed E-state index contributed by atoms with van der Waals surface area (Å²) >= 11 is 5.78. The molecule has 0 aliphatic heterocycles. The predicted octanol–water partition coefficient (Wildman–Crippen LogP) is 1.18. The number of nitriles is 1. The highest BCUT2D eigenvalue weighted by Crippen LogP contribution is 2.23. The molecule has 1 aromatic carbocycles. The van der Waals surface area contributed by atoms with Crippen LogP contribution in [0.25, 0.3) is 0 Å². The zero-order valence-electron chi connectivity index (χ0n) is 9.93. The maximum atomic E-state index is 12.2. The van der Waals surface area contributed by atoms with E-state index in [1.165, 1.54) is 29.6 Å². The van der Waals surface area contributed by atoms with E-state index < -0.39 is 10.0 Å². The van der Waals surface area contributed by atoms with Crippen molar-refractivity contribution in [2.75, 3.05) is 20.1 Å². The number of hydrogen-bond acceptors (Lipinski definition) is 4. The average molecular weight is 288 g/mol. The Bertz CT molecular complexity index is 566. The highest BCUT2D eigenvalue weighted by molar-refractivity contribution is 7.89. The molecule has 0 saturated carbocycles. The van der Waals surface area contributed by atoms with E-state index in [1.807, 2.05) is 6.07 Å². The third-order valence-corrected chi connectivity index (χ3v) is 4.56. The molecular formula is C11H14ClN3O2S. The molecular weight excluding hydrogens is 274 g/mol. The monoisotopic (exact) mass is 287 g/mol. The van der Waals surface area contributed by atoms with E-state index in [-0.39, 0.29) is 15.5 Å². The van der Waals surface area contributed by atoms with Crippen LogP contribution in [0.4, 0.5) is 0 Å². The first-order chi connectivity index (χ1) is 8.43. The highest BCUT2D eigenvalue weighted by atomic mass is 35.5. The van der Waals surface area contributed by atoms with Gasteiger partial charge < -0.3 is 5.73 Å². The summed E-state index contributed by atoms with van der Waals surface area (Å²) < 4.78 is 25.7. The minimum atomic E-state index is -3.71. The molecule has 0 heterocycles. The van der Waals surface area contributed by atoms with Gasteiger partial charge in [0.1, 0.15) is 11.0 Å². The van der Waals surface area contributed by atoms with Crippen LogP contribution in [0.5, 0.6) is 0 Å². The summed E-state index contributed by atoms with van der Waals surface area (Å²) in [5, 5.41) is 9.21. The van der Waals surface area contributed by atoms with Crippen molar-refractivity contribution in [3.05, 3.63) is 28.8 Å². The maximum Gasteiger partial charge on any atom is 0.244 e. The van der Waals surface area contributed by atoms with E-state index in [1.54, 1.807) is 0 Å². The van der Waals surface area contributed by atoms with Gasteiger partial charge in [0, 0.05) is 18.6 Å². The van der Waals surface area contributed by atoms with Gasteiger partial charge in [-0.1, -0.05) is 11.6 Å². The molecule has 0 radical (unpaired) electrons. The van der Waals surface area contributed by atoms with Crippen molar-refractivity contribution in [1.29, 1.82) is 5.26 Å². The van der Waals surface area contributed by atoms with Gasteiger partial charge in [-0.2, -0.15) is 5.26 Å². The fourth-order valence-corrected chi connectivity index (χ4v) is 3.01. The van der Waals surface area contributed by atoms with Gasteiger partial charge in [-0.15, -0.1) is 0 Å². The second-order valence-electron chi connectivity index (χ2n) is 3.72. The maximum absolute atomic E-state index is 12.2. The number of hydrogen-bond donors (Lipinski definition) is 1. The van der Waals surface area contributed by atoms with Crippen molar-refractivity contribution < 1.29 is 8.42 Å². The lowest BCUT2D eigenvalue weighted by molar-refractivity contribution is 0.463. The van der Waals surface area contributed by atoms with E-state index >= 15 is 0 Å². The first-order valence-electron chi connectivity index (χ1n) is 5.29. The van der Waals surface area contributed by atoms with Crippen LogP contribution in [0.2, 0.25) is 5.02 Å². The van der Waals surface area contributed by atoms with Gasteiger partial charge in [0.25, 0.3) is 0 Å². The van der Waals surface area contributed by atoms with Crippen molar-refractivity contribution in [3.8, 4) is 6.07 Å². The van der Waals surface area contributed by atoms with Crippen molar-refractivity contribution in [3.63, 3.8) is 0 Å². The Kier molecular flexibility index (Phi) is 5.11. The van der Waals surface area contributed by atoms with E-state index in [2.05, 4.69) is 0 Å². The second-order valence-corrected chi connectivity index (χ2v) is 6.17. The third kappa shape index (κ3) is 3.21. The van der Waals surface area contributed by atoms with Crippen LogP contribution in [-0.4, -0.2) is 32.9 Å². The van der Waals surface area contributed by atoms with Gasteiger partial charge in [-0.25, -0.2) is 12.7 Å². The average Bonchev–Trinajstić information content (AvgIpc) is 2.35. The normalized spacial score (nSPS) is 11.5. The van der Waals surface area contributed by atoms with Crippen LogP contribution in [0.3, 0.4) is 0 Å². The molecule has 0 saturated heterocycles. The minimum absolute atomic E-state index is 0.0722. The van der Waals surface area contributed by atoms with Crippen LogP contribution in [0.15, 0.2) is 23.1 Å². The largest absolute Gasteiger partial charge is 0.330 e. The number of halogens is 1. The van der Waals surface area contributed by atoms with Crippen LogP contribution >= 0.6 is 11.6 Å². The highest BCUT2D eigenvalue weighted by Gasteiger charge is 2.23. The SMILES string of the molecule is CN(CCCN)S(=O)(=O)c1cc(Cl)ccc1C#N. The van der Waals surface area contributed by atoms with Crippen LogP contribution in [0.1, 0.15) is 12.0 Å². The molecule has 0 spiro atoms. The first-order valence-corrected chi connectivity index (χ1v) is 7.11. The van der Waals surface area contributed by atoms with Gasteiger partial charge >= 0.3 is 0 Å². The third-order valence-electron chi connectivity index (χ3n) is 2.43. The molecule has 2 N–H and O–H groups in total. The lowest BCUT2D eigenvalue weighted by Crippen LogP contribution is -2.29. The Morgan fingerprint density at radius 3 is 2.72 bits per heavy atom. The number of benzene rings is 1. The molecule has 0 aliphatic rings. The summed E-state index contributed by atoms with van der Waals surface area (Å²) in [5.74, 6) is 0. The van der Waals surface area contributed by atoms with Gasteiger partial charge in [0.2, 0.25) is 10.0 Å². The molecule has 7 heteroatoms. The van der Waals surface area contributed by atoms with Crippen LogP contribution < -0.4 is 5.73 Å². The fraction of sp³-hybridized carbons (Fsp3) is 0.364. The topological polar surface area (TPSA) is 87.2 Å². The van der Waals surface area contributed by atoms with Crippen LogP contribution in [-0.2, 0) is 10.0 Å². The summed E-state index contributed by atoms with van der Waals surface area (Å²) in [7, 11) is -2.25. The lowest BCUT2D eigenvalue weighted by atomic mass is 10.2. The Morgan fingerprint density at radius 1 is 1.50 bits per heavy atom. The van der Waals surface area contributed by atoms with E-state index in [9.17, 15) is 8.42 Å². The van der Waals surface area contributed by atoms with Crippen LogP contribution in [0, 0.1) is 11.3 Å². The van der Waals surface area contributed by atoms with Crippen molar-refractivity contribution in [2.24, 2.45) is 5.73 Å². The molecule has 0 amide bonds. The molecule has 0 bridgehead atoms. The Labute approximate surface area is 112 Å². The molecule has 0 aliphatic carbocycles. The molecule has 18 heavy (non-hydrogen) atoms. The molecule has 98 valence electrons. The number of sulfonamides is 1. The summed E-state index contributed by atoms with van der Waals surface area (Å²) in [6, 6.07) is 6.02. The quantitative estimate of drug-likeness (QED) is 0.881. The molecule has 0 fully saturated rings. The van der Waals surface area contributed by atoms with Crippen molar-refractivity contribution >= 4 is 21.6 Å². The standard InChI is InChI=1S/C11H14ClN3O2S/c1-15(6-2-5-13)18(16,17)11-7-10(12)4-3-9(11)8-14/h3-4,7H,2,5-6,13H2,1H3. The number of nitrogens with zero attached hydrogens (tertiary/aromatic N) is 2. The van der Waals surface area contributed by atoms with E-state index in [0.717, 1.165) is 0 Å². The lowest BCUT2D eigenvalue weighted by Gasteiger charge is -2.17. The Balaban J connectivity index is 3.20. The smallest absolute Gasteiger partial charge is 0.244 e. The fourth-order valence-electron chi connectivity index (χ4n) is 1.40. The summed E-state index contributed by atoms with van der Waals surface area (Å²) in [6.07, 6.45) is 0.554. The number of nitrogens with two attached hydrogens (primary N) is 1. The zero-order chi connectivity index (χ0) is 13.8. The molecule has 5 nitrogen and oxygen atoms in total.